The highest BCUT2D eigenvalue weighted by atomic mass is 16.6. The van der Waals surface area contributed by atoms with Crippen LogP contribution in [0.5, 0.6) is 0 Å². The molecule has 2 aromatic rings. The summed E-state index contributed by atoms with van der Waals surface area (Å²) in [6.07, 6.45) is 3.21. The molecule has 2 aliphatic rings. The molecule has 3 amide bonds. The second kappa shape index (κ2) is 10.7. The third-order valence-corrected chi connectivity index (χ3v) is 7.37. The van der Waals surface area contributed by atoms with Crippen molar-refractivity contribution in [1.82, 2.24) is 24.3 Å². The lowest BCUT2D eigenvalue weighted by molar-refractivity contribution is -0.135. The van der Waals surface area contributed by atoms with Gasteiger partial charge in [0.25, 0.3) is 0 Å². The van der Waals surface area contributed by atoms with Crippen molar-refractivity contribution < 1.29 is 19.1 Å². The number of aryl methyl sites for hydroxylation is 1. The number of hydrogen-bond acceptors (Lipinski definition) is 6. The Morgan fingerprint density at radius 3 is 2.46 bits per heavy atom. The predicted octanol–water partition coefficient (Wildman–Crippen LogP) is 2.75. The second-order valence-corrected chi connectivity index (χ2v) is 11.3. The van der Waals surface area contributed by atoms with Crippen molar-refractivity contribution in [1.29, 1.82) is 0 Å². The van der Waals surface area contributed by atoms with Crippen molar-refractivity contribution in [2.45, 2.75) is 70.4 Å². The number of carbonyl (C=O) groups excluding carboxylic acids is 3. The van der Waals surface area contributed by atoms with Gasteiger partial charge < -0.3 is 14.5 Å². The van der Waals surface area contributed by atoms with Gasteiger partial charge in [0, 0.05) is 27.1 Å². The Hall–Kier alpha value is -3.14. The van der Waals surface area contributed by atoms with Crippen molar-refractivity contribution >= 4 is 28.9 Å². The summed E-state index contributed by atoms with van der Waals surface area (Å²) in [6.45, 7) is 9.16. The topological polar surface area (TPSA) is 106 Å². The molecule has 1 aromatic heterocycles. The fourth-order valence-electron chi connectivity index (χ4n) is 5.32. The van der Waals surface area contributed by atoms with Crippen LogP contribution in [0.4, 0.5) is 4.79 Å². The molecule has 0 spiro atoms. The van der Waals surface area contributed by atoms with E-state index in [9.17, 15) is 19.2 Å². The number of piperidine rings is 2. The summed E-state index contributed by atoms with van der Waals surface area (Å²) in [5, 5.41) is 2.35. The minimum Gasteiger partial charge on any atom is -0.444 e. The smallest absolute Gasteiger partial charge is 0.410 e. The molecule has 0 aliphatic carbocycles. The number of likely N-dealkylation sites (tertiary alicyclic amines) is 1. The highest BCUT2D eigenvalue weighted by Gasteiger charge is 2.31. The number of nitrogens with one attached hydrogen (secondary N) is 1. The van der Waals surface area contributed by atoms with Gasteiger partial charge in [-0.05, 0) is 89.7 Å². The molecule has 0 radical (unpaired) electrons. The van der Waals surface area contributed by atoms with E-state index in [-0.39, 0.29) is 24.1 Å². The highest BCUT2D eigenvalue weighted by Crippen LogP contribution is 2.31. The SMILES string of the molecule is CN(CCCN1CCC(c2ccc3c(c2)n(C)c(=O)n3C2CCC(=O)NC2=O)CC1)C(=O)OC(C)(C)C. The van der Waals surface area contributed by atoms with Crippen LogP contribution in [-0.4, -0.2) is 75.7 Å². The number of nitrogens with zero attached hydrogens (tertiary/aromatic N) is 4. The summed E-state index contributed by atoms with van der Waals surface area (Å²) in [7, 11) is 3.50. The molecule has 4 rings (SSSR count). The van der Waals surface area contributed by atoms with Gasteiger partial charge in [-0.15, -0.1) is 0 Å². The zero-order valence-corrected chi connectivity index (χ0v) is 22.6. The zero-order chi connectivity index (χ0) is 26.9. The lowest BCUT2D eigenvalue weighted by atomic mass is 9.89. The highest BCUT2D eigenvalue weighted by molar-refractivity contribution is 6.00. The maximum Gasteiger partial charge on any atom is 0.410 e. The fourth-order valence-corrected chi connectivity index (χ4v) is 5.32. The van der Waals surface area contributed by atoms with Gasteiger partial charge >= 0.3 is 11.8 Å². The molecular formula is C27H39N5O5. The van der Waals surface area contributed by atoms with Gasteiger partial charge in [0.2, 0.25) is 11.8 Å². The van der Waals surface area contributed by atoms with Gasteiger partial charge in [-0.25, -0.2) is 9.59 Å². The van der Waals surface area contributed by atoms with Crippen LogP contribution in [0.2, 0.25) is 0 Å². The number of imidazole rings is 1. The zero-order valence-electron chi connectivity index (χ0n) is 22.6. The largest absolute Gasteiger partial charge is 0.444 e. The van der Waals surface area contributed by atoms with Gasteiger partial charge in [0.05, 0.1) is 11.0 Å². The third kappa shape index (κ3) is 6.06. The van der Waals surface area contributed by atoms with E-state index in [4.69, 9.17) is 4.74 Å². The fraction of sp³-hybridized carbons (Fsp3) is 0.630. The molecule has 2 fully saturated rings. The summed E-state index contributed by atoms with van der Waals surface area (Å²) in [6, 6.07) is 5.42. The van der Waals surface area contributed by atoms with Crippen LogP contribution in [-0.2, 0) is 21.4 Å². The number of imide groups is 1. The molecule has 1 aromatic carbocycles. The summed E-state index contributed by atoms with van der Waals surface area (Å²) < 4.78 is 8.54. The van der Waals surface area contributed by atoms with Gasteiger partial charge in [-0.1, -0.05) is 6.07 Å². The second-order valence-electron chi connectivity index (χ2n) is 11.3. The van der Waals surface area contributed by atoms with Crippen LogP contribution < -0.4 is 11.0 Å². The minimum atomic E-state index is -0.669. The standard InChI is InChI=1S/C27H39N5O5/c1-27(2,3)37-26(36)29(4)13-6-14-31-15-11-18(12-16-31)19-7-8-20-22(17-19)30(5)25(35)32(20)21-9-10-23(33)28-24(21)34/h7-8,17-18,21H,6,9-16H2,1-5H3,(H,28,33,34). The Labute approximate surface area is 217 Å². The predicted molar refractivity (Wildman–Crippen MR) is 140 cm³/mol. The first-order valence-electron chi connectivity index (χ1n) is 13.2. The Bertz CT molecular complexity index is 1230. The molecule has 202 valence electrons. The van der Waals surface area contributed by atoms with E-state index in [1.807, 2.05) is 26.8 Å². The van der Waals surface area contributed by atoms with E-state index in [2.05, 4.69) is 22.3 Å². The van der Waals surface area contributed by atoms with Crippen LogP contribution in [0.15, 0.2) is 23.0 Å². The molecule has 0 bridgehead atoms. The average Bonchev–Trinajstić information content (AvgIpc) is 3.08. The van der Waals surface area contributed by atoms with E-state index in [1.165, 1.54) is 10.1 Å². The first-order valence-corrected chi connectivity index (χ1v) is 13.2. The number of hydrogen-bond donors (Lipinski definition) is 1. The normalized spacial score (nSPS) is 19.8. The van der Waals surface area contributed by atoms with Crippen molar-refractivity contribution in [2.75, 3.05) is 33.2 Å². The number of fused-ring (bicyclic) bond motifs is 1. The maximum absolute atomic E-state index is 13.0. The molecule has 3 heterocycles. The monoisotopic (exact) mass is 513 g/mol. The van der Waals surface area contributed by atoms with Crippen LogP contribution in [0.1, 0.15) is 70.4 Å². The van der Waals surface area contributed by atoms with Gasteiger partial charge in [-0.3, -0.25) is 24.0 Å². The molecule has 37 heavy (non-hydrogen) atoms. The summed E-state index contributed by atoms with van der Waals surface area (Å²) >= 11 is 0. The average molecular weight is 514 g/mol. The Kier molecular flexibility index (Phi) is 7.77. The lowest BCUT2D eigenvalue weighted by Crippen LogP contribution is -2.44. The number of carbonyl (C=O) groups is 3. The van der Waals surface area contributed by atoms with Crippen molar-refractivity contribution in [3.63, 3.8) is 0 Å². The molecule has 1 N–H and O–H groups in total. The third-order valence-electron chi connectivity index (χ3n) is 7.37. The van der Waals surface area contributed by atoms with Crippen molar-refractivity contribution in [3.05, 3.63) is 34.2 Å². The van der Waals surface area contributed by atoms with E-state index >= 15 is 0 Å². The molecule has 1 atom stereocenters. The first-order chi connectivity index (χ1) is 17.4. The molecule has 2 saturated heterocycles. The molecular weight excluding hydrogens is 474 g/mol. The first kappa shape index (κ1) is 26.9. The number of benzene rings is 1. The van der Waals surface area contributed by atoms with Crippen molar-refractivity contribution in [3.8, 4) is 0 Å². The van der Waals surface area contributed by atoms with Crippen LogP contribution in [0.3, 0.4) is 0 Å². The van der Waals surface area contributed by atoms with E-state index in [0.717, 1.165) is 49.9 Å². The Morgan fingerprint density at radius 1 is 1.11 bits per heavy atom. The van der Waals surface area contributed by atoms with Gasteiger partial charge in [0.15, 0.2) is 0 Å². The van der Waals surface area contributed by atoms with Crippen molar-refractivity contribution in [2.24, 2.45) is 7.05 Å². The molecule has 0 saturated carbocycles. The minimum absolute atomic E-state index is 0.229. The molecule has 10 nitrogen and oxygen atoms in total. The number of ether oxygens (including phenoxy) is 1. The number of rotatable bonds is 6. The van der Waals surface area contributed by atoms with Crippen LogP contribution in [0, 0.1) is 0 Å². The number of amides is 3. The summed E-state index contributed by atoms with van der Waals surface area (Å²) in [4.78, 5) is 53.2. The Balaban J connectivity index is 1.35. The molecule has 10 heteroatoms. The quantitative estimate of drug-likeness (QED) is 0.596. The Morgan fingerprint density at radius 2 is 1.81 bits per heavy atom. The van der Waals surface area contributed by atoms with E-state index < -0.39 is 17.6 Å². The molecule has 2 aliphatic heterocycles. The van der Waals surface area contributed by atoms with E-state index in [1.54, 1.807) is 23.6 Å². The van der Waals surface area contributed by atoms with Gasteiger partial charge in [0.1, 0.15) is 11.6 Å². The lowest BCUT2D eigenvalue weighted by Gasteiger charge is -2.32. The summed E-state index contributed by atoms with van der Waals surface area (Å²) in [5.41, 5.74) is 1.99. The number of aromatic nitrogens is 2. The maximum atomic E-state index is 13.0. The van der Waals surface area contributed by atoms with Gasteiger partial charge in [-0.2, -0.15) is 0 Å². The summed E-state index contributed by atoms with van der Waals surface area (Å²) in [5.74, 6) is -0.308. The van der Waals surface area contributed by atoms with Crippen LogP contribution >= 0.6 is 0 Å². The van der Waals surface area contributed by atoms with Crippen LogP contribution in [0.25, 0.3) is 11.0 Å². The van der Waals surface area contributed by atoms with E-state index in [0.29, 0.717) is 18.9 Å². The molecule has 1 unspecified atom stereocenters.